The summed E-state index contributed by atoms with van der Waals surface area (Å²) in [5.74, 6) is -3.32. The highest BCUT2D eigenvalue weighted by atomic mass is 16.6. The molecule has 3 aromatic carbocycles. The van der Waals surface area contributed by atoms with Gasteiger partial charge in [0, 0.05) is 12.3 Å². The lowest BCUT2D eigenvalue weighted by Crippen LogP contribution is -2.18. The number of anilines is 1. The fourth-order valence-corrected chi connectivity index (χ4v) is 4.08. The van der Waals surface area contributed by atoms with Gasteiger partial charge in [0.25, 0.3) is 5.91 Å². The zero-order valence-electron chi connectivity index (χ0n) is 24.9. The number of amides is 1. The molecule has 0 atom stereocenters. The fourth-order valence-electron chi connectivity index (χ4n) is 4.08. The lowest BCUT2D eigenvalue weighted by molar-refractivity contribution is -0.148. The van der Waals surface area contributed by atoms with Gasteiger partial charge in [-0.15, -0.1) is 0 Å². The lowest BCUT2D eigenvalue weighted by Gasteiger charge is -2.11. The Morgan fingerprint density at radius 2 is 1.18 bits per heavy atom. The summed E-state index contributed by atoms with van der Waals surface area (Å²) in [5.41, 5.74) is 2.88. The highest BCUT2D eigenvalue weighted by molar-refractivity contribution is 6.11. The van der Waals surface area contributed by atoms with Crippen LogP contribution in [0, 0.1) is 0 Å². The third-order valence-corrected chi connectivity index (χ3v) is 6.41. The molecule has 0 spiro atoms. The van der Waals surface area contributed by atoms with Crippen molar-refractivity contribution in [3.05, 3.63) is 90.0 Å². The van der Waals surface area contributed by atoms with E-state index in [0.717, 1.165) is 17.5 Å². The number of benzene rings is 3. The van der Waals surface area contributed by atoms with Crippen molar-refractivity contribution in [1.82, 2.24) is 0 Å². The normalized spacial score (nSPS) is 10.5. The topological polar surface area (TPSA) is 155 Å². The van der Waals surface area contributed by atoms with Gasteiger partial charge in [-0.05, 0) is 54.7 Å². The van der Waals surface area contributed by atoms with E-state index in [1.807, 2.05) is 42.5 Å². The summed E-state index contributed by atoms with van der Waals surface area (Å²) in [7, 11) is 0. The van der Waals surface area contributed by atoms with Gasteiger partial charge in [0.05, 0.1) is 43.6 Å². The van der Waals surface area contributed by atoms with Gasteiger partial charge >= 0.3 is 23.9 Å². The summed E-state index contributed by atoms with van der Waals surface area (Å²) in [6.45, 7) is 0.733. The molecule has 2 N–H and O–H groups in total. The molecule has 238 valence electrons. The third kappa shape index (κ3) is 13.0. The van der Waals surface area contributed by atoms with Crippen LogP contribution in [0.2, 0.25) is 0 Å². The van der Waals surface area contributed by atoms with E-state index in [4.69, 9.17) is 24.1 Å². The standard InChI is InChI=1S/C34H37NO10/c36-30(37)17-18-31(38)44-24-23-42-20-7-2-8-21-43-32(39)19-22-45-34(41)29-12-6-5-11-28(29)33(40)35-27-15-13-26(14-16-27)25-9-3-1-4-10-25/h1,3-6,9-16H,2,7-8,17-24H2,(H,35,40)(H,36,37). The molecule has 0 fully saturated rings. The van der Waals surface area contributed by atoms with Crippen LogP contribution in [0.4, 0.5) is 5.69 Å². The second kappa shape index (κ2) is 19.3. The smallest absolute Gasteiger partial charge is 0.338 e. The summed E-state index contributed by atoms with van der Waals surface area (Å²) in [6.07, 6.45) is 1.52. The molecule has 0 saturated carbocycles. The van der Waals surface area contributed by atoms with E-state index in [1.165, 1.54) is 12.1 Å². The number of carboxylic acids is 1. The van der Waals surface area contributed by atoms with Gasteiger partial charge in [0.1, 0.15) is 13.2 Å². The van der Waals surface area contributed by atoms with Crippen molar-refractivity contribution in [3.63, 3.8) is 0 Å². The number of carboxylic acid groups (broad SMARTS) is 1. The van der Waals surface area contributed by atoms with Gasteiger partial charge in [-0.1, -0.05) is 54.6 Å². The van der Waals surface area contributed by atoms with Crippen LogP contribution in [0.3, 0.4) is 0 Å². The average Bonchev–Trinajstić information content (AvgIpc) is 3.05. The highest BCUT2D eigenvalue weighted by Gasteiger charge is 2.18. The predicted molar refractivity (Wildman–Crippen MR) is 165 cm³/mol. The molecule has 0 unspecified atom stereocenters. The lowest BCUT2D eigenvalue weighted by atomic mass is 10.0. The van der Waals surface area contributed by atoms with Gasteiger partial charge in [-0.2, -0.15) is 0 Å². The third-order valence-electron chi connectivity index (χ3n) is 6.41. The second-order valence-corrected chi connectivity index (χ2v) is 9.84. The van der Waals surface area contributed by atoms with E-state index in [-0.39, 0.29) is 56.8 Å². The Morgan fingerprint density at radius 3 is 1.91 bits per heavy atom. The minimum absolute atomic E-state index is 0.0589. The predicted octanol–water partition coefficient (Wildman–Crippen LogP) is 5.29. The number of rotatable bonds is 19. The Labute approximate surface area is 261 Å². The second-order valence-electron chi connectivity index (χ2n) is 9.84. The van der Waals surface area contributed by atoms with Crippen molar-refractivity contribution in [2.75, 3.05) is 38.4 Å². The molecule has 0 bridgehead atoms. The molecule has 3 rings (SSSR count). The van der Waals surface area contributed by atoms with E-state index >= 15 is 0 Å². The Kier molecular flexibility index (Phi) is 14.8. The first-order chi connectivity index (χ1) is 21.8. The summed E-state index contributed by atoms with van der Waals surface area (Å²) in [4.78, 5) is 59.4. The van der Waals surface area contributed by atoms with Crippen LogP contribution in [-0.4, -0.2) is 67.9 Å². The summed E-state index contributed by atoms with van der Waals surface area (Å²) >= 11 is 0. The molecule has 0 radical (unpaired) electrons. The molecule has 11 heteroatoms. The molecule has 0 saturated heterocycles. The van der Waals surface area contributed by atoms with E-state index in [0.29, 0.717) is 25.1 Å². The zero-order chi connectivity index (χ0) is 32.3. The molecule has 0 aliphatic carbocycles. The number of hydrogen-bond donors (Lipinski definition) is 2. The van der Waals surface area contributed by atoms with Crippen LogP contribution in [0.5, 0.6) is 0 Å². The molecule has 1 amide bonds. The number of unbranched alkanes of at least 4 members (excludes halogenated alkanes) is 2. The molecule has 45 heavy (non-hydrogen) atoms. The number of aliphatic carboxylic acids is 1. The fraction of sp³-hybridized carbons (Fsp3) is 0.324. The summed E-state index contributed by atoms with van der Waals surface area (Å²) in [6, 6.07) is 23.5. The monoisotopic (exact) mass is 619 g/mol. The molecule has 3 aromatic rings. The van der Waals surface area contributed by atoms with Crippen molar-refractivity contribution >= 4 is 35.5 Å². The van der Waals surface area contributed by atoms with Crippen LogP contribution in [0.1, 0.15) is 59.2 Å². The molecule has 0 aromatic heterocycles. The largest absolute Gasteiger partial charge is 0.481 e. The van der Waals surface area contributed by atoms with Crippen molar-refractivity contribution < 1.29 is 48.0 Å². The van der Waals surface area contributed by atoms with Crippen molar-refractivity contribution in [2.45, 2.75) is 38.5 Å². The number of hydrogen-bond acceptors (Lipinski definition) is 9. The zero-order valence-corrected chi connectivity index (χ0v) is 24.9. The van der Waals surface area contributed by atoms with Crippen LogP contribution >= 0.6 is 0 Å². The molecule has 0 aliphatic heterocycles. The number of ether oxygens (including phenoxy) is 4. The molecule has 11 nitrogen and oxygen atoms in total. The van der Waals surface area contributed by atoms with Gasteiger partial charge in [0.2, 0.25) is 0 Å². The number of carbonyl (C=O) groups excluding carboxylic acids is 4. The highest BCUT2D eigenvalue weighted by Crippen LogP contribution is 2.22. The Morgan fingerprint density at radius 1 is 0.556 bits per heavy atom. The maximum absolute atomic E-state index is 13.0. The number of nitrogens with one attached hydrogen (secondary N) is 1. The first-order valence-electron chi connectivity index (χ1n) is 14.7. The minimum Gasteiger partial charge on any atom is -0.481 e. The maximum Gasteiger partial charge on any atom is 0.338 e. The van der Waals surface area contributed by atoms with Crippen LogP contribution in [0.25, 0.3) is 11.1 Å². The van der Waals surface area contributed by atoms with Crippen LogP contribution in [-0.2, 0) is 33.3 Å². The SMILES string of the molecule is O=C(O)CCC(=O)OCCOCCCCCOC(=O)CCOC(=O)c1ccccc1C(=O)Nc1ccc(-c2ccccc2)cc1. The summed E-state index contributed by atoms with van der Waals surface area (Å²) in [5, 5.41) is 11.3. The van der Waals surface area contributed by atoms with Gasteiger partial charge < -0.3 is 29.4 Å². The van der Waals surface area contributed by atoms with Crippen molar-refractivity contribution in [2.24, 2.45) is 0 Å². The average molecular weight is 620 g/mol. The molecule has 0 aliphatic rings. The minimum atomic E-state index is -1.06. The molecular weight excluding hydrogens is 582 g/mol. The van der Waals surface area contributed by atoms with Crippen LogP contribution in [0.15, 0.2) is 78.9 Å². The Balaban J connectivity index is 1.28. The van der Waals surface area contributed by atoms with Gasteiger partial charge in [-0.25, -0.2) is 4.79 Å². The van der Waals surface area contributed by atoms with Crippen molar-refractivity contribution in [1.29, 1.82) is 0 Å². The number of esters is 3. The van der Waals surface area contributed by atoms with E-state index < -0.39 is 29.8 Å². The molecular formula is C34H37NO10. The van der Waals surface area contributed by atoms with E-state index in [9.17, 15) is 24.0 Å². The Hall–Kier alpha value is -5.03. The quantitative estimate of drug-likeness (QED) is 0.103. The van der Waals surface area contributed by atoms with Gasteiger partial charge in [0.15, 0.2) is 0 Å². The first-order valence-corrected chi connectivity index (χ1v) is 14.7. The Bertz CT molecular complexity index is 1410. The van der Waals surface area contributed by atoms with E-state index in [1.54, 1.807) is 24.3 Å². The van der Waals surface area contributed by atoms with Crippen LogP contribution < -0.4 is 5.32 Å². The maximum atomic E-state index is 13.0. The summed E-state index contributed by atoms with van der Waals surface area (Å²) < 4.78 is 20.6. The first kappa shape index (κ1) is 34.5. The van der Waals surface area contributed by atoms with Crippen molar-refractivity contribution in [3.8, 4) is 11.1 Å². The number of carbonyl (C=O) groups is 5. The van der Waals surface area contributed by atoms with E-state index in [2.05, 4.69) is 5.32 Å². The van der Waals surface area contributed by atoms with Gasteiger partial charge in [-0.3, -0.25) is 19.2 Å². The molecule has 0 heterocycles.